The van der Waals surface area contributed by atoms with Crippen LogP contribution in [0, 0.1) is 25.7 Å². The number of carbonyl (C=O) groups excluding carboxylic acids is 2. The van der Waals surface area contributed by atoms with Gasteiger partial charge in [0.2, 0.25) is 0 Å². The van der Waals surface area contributed by atoms with E-state index >= 15 is 0 Å². The Balaban J connectivity index is 1.51. The highest BCUT2D eigenvalue weighted by atomic mass is 32.1. The van der Waals surface area contributed by atoms with Crippen molar-refractivity contribution in [3.8, 4) is 19.5 Å². The van der Waals surface area contributed by atoms with E-state index in [1.807, 2.05) is 9.80 Å². The van der Waals surface area contributed by atoms with Crippen molar-refractivity contribution in [1.29, 1.82) is 0 Å². The molecule has 48 heavy (non-hydrogen) atoms. The van der Waals surface area contributed by atoms with Crippen molar-refractivity contribution in [1.82, 2.24) is 9.80 Å². The molecule has 4 aromatic rings. The maximum Gasteiger partial charge on any atom is 0.261 e. The summed E-state index contributed by atoms with van der Waals surface area (Å²) >= 11 is 6.91. The molecule has 0 saturated heterocycles. The van der Waals surface area contributed by atoms with Gasteiger partial charge in [0, 0.05) is 32.6 Å². The Bertz CT molecular complexity index is 1700. The molecule has 8 heteroatoms. The molecule has 4 nitrogen and oxygen atoms in total. The van der Waals surface area contributed by atoms with Crippen molar-refractivity contribution >= 4 is 68.6 Å². The number of fused-ring (bicyclic) bond motifs is 1. The van der Waals surface area contributed by atoms with Crippen LogP contribution >= 0.6 is 45.3 Å². The quantitative estimate of drug-likeness (QED) is 0.116. The largest absolute Gasteiger partial charge is 0.306 e. The second kappa shape index (κ2) is 15.4. The lowest BCUT2D eigenvalue weighted by molar-refractivity contribution is -0.124. The molecular weight excluding hydrogens is 669 g/mol. The molecule has 2 aliphatic heterocycles. The summed E-state index contributed by atoms with van der Waals surface area (Å²) in [5.41, 5.74) is 5.39. The zero-order valence-corrected chi connectivity index (χ0v) is 32.5. The van der Waals surface area contributed by atoms with Gasteiger partial charge in [-0.3, -0.25) is 9.59 Å². The normalized spacial score (nSPS) is 16.2. The molecule has 0 aliphatic carbocycles. The summed E-state index contributed by atoms with van der Waals surface area (Å²) in [6, 6.07) is 13.1. The van der Waals surface area contributed by atoms with Gasteiger partial charge in [0.25, 0.3) is 11.8 Å². The van der Waals surface area contributed by atoms with Gasteiger partial charge in [-0.15, -0.1) is 45.3 Å². The van der Waals surface area contributed by atoms with E-state index in [9.17, 15) is 9.59 Å². The number of thiophene rings is 4. The Hall–Kier alpha value is -2.78. The smallest absolute Gasteiger partial charge is 0.261 e. The van der Waals surface area contributed by atoms with E-state index < -0.39 is 0 Å². The van der Waals surface area contributed by atoms with E-state index in [2.05, 4.69) is 88.7 Å². The van der Waals surface area contributed by atoms with Crippen LogP contribution in [-0.4, -0.2) is 34.7 Å². The molecule has 0 fully saturated rings. The SMILES string of the molecule is CCCCC(CC)CN1C(=O)C2=C(c3ccc(-c4cc(C)cs4)s3)N(CC(CC)CCCC)C(=O)C2=C1c1ccc(-c2cc(C)cs2)s1. The first kappa shape index (κ1) is 35.1. The van der Waals surface area contributed by atoms with Gasteiger partial charge >= 0.3 is 0 Å². The van der Waals surface area contributed by atoms with Crippen LogP contribution in [0.2, 0.25) is 0 Å². The topological polar surface area (TPSA) is 40.6 Å². The lowest BCUT2D eigenvalue weighted by Crippen LogP contribution is -2.34. The first-order chi connectivity index (χ1) is 23.3. The molecule has 2 unspecified atom stereocenters. The summed E-state index contributed by atoms with van der Waals surface area (Å²) < 4.78 is 0. The maximum absolute atomic E-state index is 14.9. The van der Waals surface area contributed by atoms with Gasteiger partial charge in [-0.2, -0.15) is 0 Å². The molecule has 2 atom stereocenters. The summed E-state index contributed by atoms with van der Waals surface area (Å²) in [6.45, 7) is 14.5. The highest BCUT2D eigenvalue weighted by Crippen LogP contribution is 2.51. The van der Waals surface area contributed by atoms with Gasteiger partial charge in [0.05, 0.1) is 32.3 Å². The Labute approximate surface area is 302 Å². The summed E-state index contributed by atoms with van der Waals surface area (Å²) in [6.07, 6.45) is 8.74. The molecule has 2 amide bonds. The van der Waals surface area contributed by atoms with Gasteiger partial charge in [-0.25, -0.2) is 0 Å². The molecule has 0 bridgehead atoms. The molecule has 0 N–H and O–H groups in total. The molecule has 0 saturated carbocycles. The second-order valence-corrected chi connectivity index (χ2v) is 17.4. The predicted molar refractivity (Wildman–Crippen MR) is 209 cm³/mol. The number of hydrogen-bond acceptors (Lipinski definition) is 6. The molecule has 0 radical (unpaired) electrons. The van der Waals surface area contributed by atoms with Gasteiger partial charge in [-0.1, -0.05) is 66.2 Å². The highest BCUT2D eigenvalue weighted by Gasteiger charge is 2.50. The van der Waals surface area contributed by atoms with Gasteiger partial charge < -0.3 is 9.80 Å². The fourth-order valence-corrected chi connectivity index (χ4v) is 11.1. The van der Waals surface area contributed by atoms with E-state index in [1.165, 1.54) is 30.6 Å². The minimum atomic E-state index is -0.00811. The Morgan fingerprint density at radius 3 is 1.31 bits per heavy atom. The third kappa shape index (κ3) is 6.96. The number of hydrogen-bond donors (Lipinski definition) is 0. The van der Waals surface area contributed by atoms with Gasteiger partial charge in [0.1, 0.15) is 0 Å². The molecule has 2 aliphatic rings. The molecule has 0 spiro atoms. The molecule has 6 rings (SSSR count). The van der Waals surface area contributed by atoms with E-state index in [0.717, 1.165) is 72.5 Å². The summed E-state index contributed by atoms with van der Waals surface area (Å²) in [5.74, 6) is 0.747. The maximum atomic E-state index is 14.9. The number of carbonyl (C=O) groups is 2. The minimum absolute atomic E-state index is 0.00811. The summed E-state index contributed by atoms with van der Waals surface area (Å²) in [5, 5.41) is 4.37. The van der Waals surface area contributed by atoms with E-state index in [4.69, 9.17) is 0 Å². The average Bonchev–Trinajstić information content (AvgIpc) is 3.93. The van der Waals surface area contributed by atoms with Gasteiger partial charge in [-0.05, 0) is 96.8 Å². The zero-order valence-electron chi connectivity index (χ0n) is 29.2. The number of nitrogens with zero attached hydrogens (tertiary/aromatic N) is 2. The third-order valence-electron chi connectivity index (χ3n) is 9.78. The summed E-state index contributed by atoms with van der Waals surface area (Å²) in [4.78, 5) is 40.7. The number of amides is 2. The van der Waals surface area contributed by atoms with Crippen LogP contribution in [0.15, 0.2) is 58.3 Å². The molecule has 0 aromatic carbocycles. The second-order valence-electron chi connectivity index (χ2n) is 13.4. The van der Waals surface area contributed by atoms with E-state index in [1.54, 1.807) is 45.3 Å². The number of rotatable bonds is 16. The van der Waals surface area contributed by atoms with Crippen molar-refractivity contribution in [2.45, 2.75) is 92.9 Å². The molecule has 4 aromatic heterocycles. The number of aryl methyl sites for hydroxylation is 2. The summed E-state index contributed by atoms with van der Waals surface area (Å²) in [7, 11) is 0. The lowest BCUT2D eigenvalue weighted by atomic mass is 9.98. The van der Waals surface area contributed by atoms with Crippen LogP contribution in [0.25, 0.3) is 30.9 Å². The highest BCUT2D eigenvalue weighted by molar-refractivity contribution is 7.22. The first-order valence-electron chi connectivity index (χ1n) is 17.7. The van der Waals surface area contributed by atoms with Crippen LogP contribution in [-0.2, 0) is 9.59 Å². The average molecular weight is 717 g/mol. The minimum Gasteiger partial charge on any atom is -0.306 e. The Kier molecular flexibility index (Phi) is 11.3. The lowest BCUT2D eigenvalue weighted by Gasteiger charge is -2.29. The van der Waals surface area contributed by atoms with Crippen molar-refractivity contribution in [2.75, 3.05) is 13.1 Å². The predicted octanol–water partition coefficient (Wildman–Crippen LogP) is 12.1. The number of unbranched alkanes of at least 4 members (excludes halogenated alkanes) is 2. The fourth-order valence-electron chi connectivity index (χ4n) is 6.92. The van der Waals surface area contributed by atoms with Crippen molar-refractivity contribution in [3.05, 3.63) is 79.2 Å². The van der Waals surface area contributed by atoms with Crippen LogP contribution in [0.1, 0.15) is 99.9 Å². The van der Waals surface area contributed by atoms with Crippen LogP contribution < -0.4 is 0 Å². The first-order valence-corrected chi connectivity index (χ1v) is 21.1. The molecular formula is C40H48N2O2S4. The van der Waals surface area contributed by atoms with E-state index in [0.29, 0.717) is 36.1 Å². The fraction of sp³-hybridized carbons (Fsp3) is 0.450. The van der Waals surface area contributed by atoms with Gasteiger partial charge in [0.15, 0.2) is 0 Å². The van der Waals surface area contributed by atoms with Crippen molar-refractivity contribution in [3.63, 3.8) is 0 Å². The van der Waals surface area contributed by atoms with Crippen LogP contribution in [0.4, 0.5) is 0 Å². The Morgan fingerprint density at radius 1 is 0.583 bits per heavy atom. The van der Waals surface area contributed by atoms with Crippen LogP contribution in [0.3, 0.4) is 0 Å². The van der Waals surface area contributed by atoms with E-state index in [-0.39, 0.29) is 11.8 Å². The van der Waals surface area contributed by atoms with Crippen molar-refractivity contribution < 1.29 is 9.59 Å². The third-order valence-corrected chi connectivity index (χ3v) is 14.4. The Morgan fingerprint density at radius 2 is 0.979 bits per heavy atom. The standard InChI is InChI=1S/C40H48N2O2S4/c1-7-11-13-27(9-3)21-41-37(31-17-15-29(47-31)33-19-25(5)23-45-33)35-36(39(41)43)38(42(40(35)44)22-28(10-4)14-12-8-2)32-18-16-30(48-32)34-20-26(6)24-46-34/h15-20,23-24,27-28H,7-14,21-22H2,1-6H3. The van der Waals surface area contributed by atoms with Crippen LogP contribution in [0.5, 0.6) is 0 Å². The molecule has 254 valence electrons. The zero-order chi connectivity index (χ0) is 33.9. The van der Waals surface area contributed by atoms with Crippen molar-refractivity contribution in [2.24, 2.45) is 11.8 Å². The molecule has 6 heterocycles. The monoisotopic (exact) mass is 716 g/mol.